The van der Waals surface area contributed by atoms with Crippen LogP contribution in [-0.2, 0) is 10.4 Å². The van der Waals surface area contributed by atoms with Crippen molar-refractivity contribution >= 4 is 10.4 Å². The minimum Gasteiger partial charge on any atom is -0.344 e. The second kappa shape index (κ2) is 9.83. The quantitative estimate of drug-likeness (QED) is 0.570. The molecule has 0 aromatic carbocycles. The molecular formula is C5H17NO4S. The summed E-state index contributed by atoms with van der Waals surface area (Å²) < 4.78 is 31.6. The summed E-state index contributed by atoms with van der Waals surface area (Å²) in [6.45, 7) is 4.42. The van der Waals surface area contributed by atoms with Crippen molar-refractivity contribution in [3.8, 4) is 0 Å². The Bertz CT molecular complexity index is 133. The Morgan fingerprint density at radius 2 is 1.27 bits per heavy atom. The normalized spacial score (nSPS) is 9.09. The monoisotopic (exact) mass is 187 g/mol. The zero-order valence-electron chi connectivity index (χ0n) is 6.95. The molecule has 0 atom stereocenters. The summed E-state index contributed by atoms with van der Waals surface area (Å²) in [4.78, 5) is 0. The van der Waals surface area contributed by atoms with E-state index in [-0.39, 0.29) is 6.15 Å². The summed E-state index contributed by atoms with van der Waals surface area (Å²) in [5.41, 5.74) is 0. The predicted octanol–water partition coefficient (Wildman–Crippen LogP) is 1.71. The first-order chi connectivity index (χ1) is 4.41. The molecule has 72 valence electrons. The molecule has 0 aromatic heterocycles. The van der Waals surface area contributed by atoms with Crippen molar-refractivity contribution in [2.75, 3.05) is 0 Å². The molecule has 0 aliphatic carbocycles. The lowest BCUT2D eigenvalue weighted by molar-refractivity contribution is 0.381. The Morgan fingerprint density at radius 3 is 1.27 bits per heavy atom. The van der Waals surface area contributed by atoms with Crippen LogP contribution in [0.5, 0.6) is 0 Å². The van der Waals surface area contributed by atoms with Crippen molar-refractivity contribution in [2.24, 2.45) is 0 Å². The average Bonchev–Trinajstić information content (AvgIpc) is 1.63. The van der Waals surface area contributed by atoms with E-state index in [1.54, 1.807) is 0 Å². The fraction of sp³-hybridized carbons (Fsp3) is 1.00. The van der Waals surface area contributed by atoms with E-state index in [1.807, 2.05) is 0 Å². The summed E-state index contributed by atoms with van der Waals surface area (Å²) >= 11 is 0. The van der Waals surface area contributed by atoms with E-state index in [1.165, 1.54) is 19.3 Å². The molecule has 5 nitrogen and oxygen atoms in total. The third-order valence-corrected chi connectivity index (χ3v) is 0.707. The zero-order valence-corrected chi connectivity index (χ0v) is 7.76. The Morgan fingerprint density at radius 1 is 1.09 bits per heavy atom. The third kappa shape index (κ3) is 180. The fourth-order valence-corrected chi connectivity index (χ4v) is 0.354. The highest BCUT2D eigenvalue weighted by Gasteiger charge is 1.84. The molecule has 0 aliphatic heterocycles. The smallest absolute Gasteiger partial charge is 0.344 e. The van der Waals surface area contributed by atoms with Crippen LogP contribution < -0.4 is 6.15 Å². The standard InChI is InChI=1S/C5H12.H3N.H2O4S/c1-3-5-4-2;;1-5(2,3)4/h3-5H2,1-2H3;1H3;(H2,1,2,3,4). The Labute approximate surface area is 68.0 Å². The van der Waals surface area contributed by atoms with Gasteiger partial charge in [0.2, 0.25) is 0 Å². The van der Waals surface area contributed by atoms with Gasteiger partial charge in [0.15, 0.2) is 0 Å². The van der Waals surface area contributed by atoms with Crippen molar-refractivity contribution in [3.05, 3.63) is 0 Å². The first kappa shape index (κ1) is 17.1. The van der Waals surface area contributed by atoms with Gasteiger partial charge in [-0.3, -0.25) is 9.11 Å². The minimum absolute atomic E-state index is 0. The summed E-state index contributed by atoms with van der Waals surface area (Å²) in [5.74, 6) is 0. The van der Waals surface area contributed by atoms with Crippen LogP contribution in [0.4, 0.5) is 0 Å². The van der Waals surface area contributed by atoms with E-state index >= 15 is 0 Å². The molecule has 0 amide bonds. The number of unbranched alkanes of at least 4 members (excludes halogenated alkanes) is 2. The highest BCUT2D eigenvalue weighted by molar-refractivity contribution is 7.79. The number of hydrogen-bond donors (Lipinski definition) is 3. The van der Waals surface area contributed by atoms with Crippen LogP contribution in [0.2, 0.25) is 0 Å². The van der Waals surface area contributed by atoms with E-state index in [4.69, 9.17) is 17.5 Å². The average molecular weight is 187 g/mol. The first-order valence-electron chi connectivity index (χ1n) is 3.11. The molecule has 0 spiro atoms. The van der Waals surface area contributed by atoms with E-state index < -0.39 is 10.4 Å². The molecule has 0 saturated heterocycles. The fourth-order valence-electron chi connectivity index (χ4n) is 0.354. The molecule has 0 heterocycles. The molecule has 0 bridgehead atoms. The second-order valence-electron chi connectivity index (χ2n) is 1.80. The van der Waals surface area contributed by atoms with E-state index in [0.717, 1.165) is 0 Å². The van der Waals surface area contributed by atoms with Gasteiger partial charge in [-0.1, -0.05) is 33.1 Å². The molecule has 0 unspecified atom stereocenters. The molecule has 0 rings (SSSR count). The van der Waals surface area contributed by atoms with Crippen LogP contribution in [-0.4, -0.2) is 17.5 Å². The maximum Gasteiger partial charge on any atom is 0.394 e. The highest BCUT2D eigenvalue weighted by atomic mass is 32.3. The molecule has 0 fully saturated rings. The van der Waals surface area contributed by atoms with Crippen LogP contribution >= 0.6 is 0 Å². The van der Waals surface area contributed by atoms with Gasteiger partial charge < -0.3 is 6.15 Å². The Hall–Kier alpha value is -0.170. The first-order valence-corrected chi connectivity index (χ1v) is 4.51. The van der Waals surface area contributed by atoms with E-state index in [2.05, 4.69) is 13.8 Å². The van der Waals surface area contributed by atoms with Gasteiger partial charge in [-0.05, 0) is 0 Å². The summed E-state index contributed by atoms with van der Waals surface area (Å²) in [6, 6.07) is 0. The largest absolute Gasteiger partial charge is 0.394 e. The molecule has 0 aliphatic rings. The van der Waals surface area contributed by atoms with Crippen molar-refractivity contribution in [2.45, 2.75) is 33.1 Å². The van der Waals surface area contributed by atoms with Crippen molar-refractivity contribution < 1.29 is 17.5 Å². The van der Waals surface area contributed by atoms with Gasteiger partial charge >= 0.3 is 10.4 Å². The summed E-state index contributed by atoms with van der Waals surface area (Å²) in [5, 5.41) is 0. The Kier molecular flexibility index (Phi) is 15.3. The zero-order chi connectivity index (χ0) is 8.62. The summed E-state index contributed by atoms with van der Waals surface area (Å²) in [7, 11) is -4.67. The van der Waals surface area contributed by atoms with Gasteiger partial charge in [0.25, 0.3) is 0 Å². The predicted molar refractivity (Wildman–Crippen MR) is 44.4 cm³/mol. The van der Waals surface area contributed by atoms with Gasteiger partial charge in [0.05, 0.1) is 0 Å². The Balaban J connectivity index is -0.000000107. The molecule has 5 N–H and O–H groups in total. The SMILES string of the molecule is CCCCC.N.O=S(=O)(O)O. The van der Waals surface area contributed by atoms with E-state index in [0.29, 0.717) is 0 Å². The number of rotatable bonds is 2. The van der Waals surface area contributed by atoms with Crippen LogP contribution in [0, 0.1) is 0 Å². The second-order valence-corrected chi connectivity index (χ2v) is 2.70. The molecular weight excluding hydrogens is 170 g/mol. The van der Waals surface area contributed by atoms with Crippen LogP contribution in [0.3, 0.4) is 0 Å². The lowest BCUT2D eigenvalue weighted by Crippen LogP contribution is -1.89. The van der Waals surface area contributed by atoms with Crippen LogP contribution in [0.15, 0.2) is 0 Å². The van der Waals surface area contributed by atoms with Crippen molar-refractivity contribution in [1.29, 1.82) is 0 Å². The topological polar surface area (TPSA) is 110 Å². The van der Waals surface area contributed by atoms with E-state index in [9.17, 15) is 0 Å². The van der Waals surface area contributed by atoms with Gasteiger partial charge in [-0.25, -0.2) is 0 Å². The number of hydrogen-bond acceptors (Lipinski definition) is 3. The lowest BCUT2D eigenvalue weighted by atomic mass is 10.3. The van der Waals surface area contributed by atoms with Gasteiger partial charge in [-0.15, -0.1) is 0 Å². The molecule has 0 radical (unpaired) electrons. The lowest BCUT2D eigenvalue weighted by Gasteiger charge is -1.79. The van der Waals surface area contributed by atoms with Gasteiger partial charge in [0.1, 0.15) is 0 Å². The van der Waals surface area contributed by atoms with Gasteiger partial charge in [0, 0.05) is 0 Å². The van der Waals surface area contributed by atoms with Gasteiger partial charge in [-0.2, -0.15) is 8.42 Å². The van der Waals surface area contributed by atoms with Crippen LogP contribution in [0.25, 0.3) is 0 Å². The van der Waals surface area contributed by atoms with Crippen molar-refractivity contribution in [3.63, 3.8) is 0 Å². The molecule has 0 aromatic rings. The molecule has 11 heavy (non-hydrogen) atoms. The third-order valence-electron chi connectivity index (χ3n) is 0.707. The van der Waals surface area contributed by atoms with Crippen LogP contribution in [0.1, 0.15) is 33.1 Å². The van der Waals surface area contributed by atoms with Crippen molar-refractivity contribution in [1.82, 2.24) is 6.15 Å². The molecule has 6 heteroatoms. The molecule has 0 saturated carbocycles. The highest BCUT2D eigenvalue weighted by Crippen LogP contribution is 1.88. The minimum atomic E-state index is -4.67. The maximum atomic E-state index is 8.74. The maximum absolute atomic E-state index is 8.74. The summed E-state index contributed by atoms with van der Waals surface area (Å²) in [6.07, 6.45) is 4.08.